The number of fused-ring (bicyclic) bond motifs is 5. The zero-order valence-corrected chi connectivity index (χ0v) is 15.1. The van der Waals surface area contributed by atoms with Crippen LogP contribution < -0.4 is 0 Å². The summed E-state index contributed by atoms with van der Waals surface area (Å²) in [6.45, 7) is 6.35. The molecule has 1 aromatic carbocycles. The molecule has 2 aliphatic heterocycles. The first-order chi connectivity index (χ1) is 11.6. The molecule has 1 saturated heterocycles. The van der Waals surface area contributed by atoms with Gasteiger partial charge in [0.1, 0.15) is 5.78 Å². The van der Waals surface area contributed by atoms with Crippen LogP contribution in [0, 0.1) is 5.41 Å². The monoisotopic (exact) mass is 324 g/mol. The standard InChI is InChI=1S/C21H28N2O/c1-4-21(14-15(2)24)11-7-12-23-13-10-17-16-8-5-6-9-18(16)22(3)19(17)20(21)23/h5-6,8-9,20H,4,7,10-14H2,1-3H3/t20-,21+/m1/s1. The number of carbonyl (C=O) groups is 1. The van der Waals surface area contributed by atoms with E-state index in [0.717, 1.165) is 19.4 Å². The van der Waals surface area contributed by atoms with E-state index in [-0.39, 0.29) is 5.41 Å². The predicted octanol–water partition coefficient (Wildman–Crippen LogP) is 4.25. The third-order valence-electron chi connectivity index (χ3n) is 6.54. The zero-order valence-electron chi connectivity index (χ0n) is 15.1. The van der Waals surface area contributed by atoms with E-state index in [1.54, 1.807) is 6.92 Å². The van der Waals surface area contributed by atoms with Gasteiger partial charge in [-0.2, -0.15) is 0 Å². The minimum atomic E-state index is 0.0986. The van der Waals surface area contributed by atoms with Gasteiger partial charge in [0.05, 0.1) is 6.04 Å². The Balaban J connectivity index is 1.94. The quantitative estimate of drug-likeness (QED) is 0.843. The van der Waals surface area contributed by atoms with E-state index in [0.29, 0.717) is 18.2 Å². The van der Waals surface area contributed by atoms with Gasteiger partial charge in [-0.15, -0.1) is 0 Å². The van der Waals surface area contributed by atoms with Gasteiger partial charge in [-0.1, -0.05) is 25.1 Å². The van der Waals surface area contributed by atoms with E-state index in [1.807, 2.05) is 0 Å². The fraction of sp³-hybridized carbons (Fsp3) is 0.571. The molecule has 2 aromatic rings. The lowest BCUT2D eigenvalue weighted by molar-refractivity contribution is -0.122. The van der Waals surface area contributed by atoms with Crippen LogP contribution in [0.15, 0.2) is 24.3 Å². The molecule has 3 heteroatoms. The fourth-order valence-corrected chi connectivity index (χ4v) is 5.53. The lowest BCUT2D eigenvalue weighted by atomic mass is 9.65. The van der Waals surface area contributed by atoms with E-state index in [9.17, 15) is 4.79 Å². The SMILES string of the molecule is CC[C@@]1(CC(C)=O)CCCN2CCc3c(n(C)c4ccccc34)[C@@H]21. The van der Waals surface area contributed by atoms with Crippen LogP contribution in [-0.4, -0.2) is 28.3 Å². The Labute approximate surface area is 144 Å². The number of hydrogen-bond acceptors (Lipinski definition) is 2. The van der Waals surface area contributed by atoms with Gasteiger partial charge in [-0.3, -0.25) is 4.90 Å². The van der Waals surface area contributed by atoms with Crippen molar-refractivity contribution in [1.82, 2.24) is 9.47 Å². The summed E-state index contributed by atoms with van der Waals surface area (Å²) in [5.41, 5.74) is 4.44. The molecule has 0 N–H and O–H groups in total. The number of ketones is 1. The Kier molecular flexibility index (Phi) is 3.80. The van der Waals surface area contributed by atoms with Crippen LogP contribution in [0.25, 0.3) is 10.9 Å². The predicted molar refractivity (Wildman–Crippen MR) is 98.2 cm³/mol. The number of nitrogens with zero attached hydrogens (tertiary/aromatic N) is 2. The molecular weight excluding hydrogens is 296 g/mol. The molecule has 128 valence electrons. The summed E-state index contributed by atoms with van der Waals surface area (Å²) < 4.78 is 2.41. The molecule has 0 spiro atoms. The highest BCUT2D eigenvalue weighted by molar-refractivity contribution is 5.86. The van der Waals surface area contributed by atoms with Crippen molar-refractivity contribution >= 4 is 16.7 Å². The van der Waals surface area contributed by atoms with Gasteiger partial charge < -0.3 is 9.36 Å². The Morgan fingerprint density at radius 3 is 2.83 bits per heavy atom. The molecule has 0 aliphatic carbocycles. The van der Waals surface area contributed by atoms with E-state index in [4.69, 9.17) is 0 Å². The molecule has 3 nitrogen and oxygen atoms in total. The van der Waals surface area contributed by atoms with E-state index >= 15 is 0 Å². The zero-order chi connectivity index (χ0) is 16.9. The summed E-state index contributed by atoms with van der Waals surface area (Å²) >= 11 is 0. The topological polar surface area (TPSA) is 25.2 Å². The van der Waals surface area contributed by atoms with E-state index in [1.165, 1.54) is 41.5 Å². The van der Waals surface area contributed by atoms with Crippen molar-refractivity contribution in [3.63, 3.8) is 0 Å². The highest BCUT2D eigenvalue weighted by Crippen LogP contribution is 2.54. The molecule has 1 fully saturated rings. The highest BCUT2D eigenvalue weighted by Gasteiger charge is 2.48. The van der Waals surface area contributed by atoms with Crippen molar-refractivity contribution < 1.29 is 4.79 Å². The highest BCUT2D eigenvalue weighted by atomic mass is 16.1. The fourth-order valence-electron chi connectivity index (χ4n) is 5.53. The van der Waals surface area contributed by atoms with Crippen molar-refractivity contribution in [2.75, 3.05) is 13.1 Å². The molecule has 0 radical (unpaired) electrons. The second-order valence-corrected chi connectivity index (χ2v) is 7.83. The first-order valence-electron chi connectivity index (χ1n) is 9.37. The number of aryl methyl sites for hydroxylation is 1. The smallest absolute Gasteiger partial charge is 0.130 e. The van der Waals surface area contributed by atoms with Gasteiger partial charge in [0.25, 0.3) is 0 Å². The number of carbonyl (C=O) groups excluding carboxylic acids is 1. The molecule has 4 rings (SSSR count). The number of piperidine rings is 1. The lowest BCUT2D eigenvalue weighted by Gasteiger charge is -2.52. The third-order valence-corrected chi connectivity index (χ3v) is 6.54. The van der Waals surface area contributed by atoms with Crippen LogP contribution in [0.3, 0.4) is 0 Å². The minimum absolute atomic E-state index is 0.0986. The van der Waals surface area contributed by atoms with Crippen molar-refractivity contribution in [2.45, 2.75) is 52.0 Å². The van der Waals surface area contributed by atoms with Crippen molar-refractivity contribution in [3.8, 4) is 0 Å². The molecule has 2 atom stereocenters. The summed E-state index contributed by atoms with van der Waals surface area (Å²) in [6, 6.07) is 9.18. The average Bonchev–Trinajstić information content (AvgIpc) is 2.88. The molecule has 3 heterocycles. The number of hydrogen-bond donors (Lipinski definition) is 0. The van der Waals surface area contributed by atoms with Crippen LogP contribution in [-0.2, 0) is 18.3 Å². The summed E-state index contributed by atoms with van der Waals surface area (Å²) in [6.07, 6.45) is 5.31. The van der Waals surface area contributed by atoms with Crippen molar-refractivity contribution in [1.29, 1.82) is 0 Å². The summed E-state index contributed by atoms with van der Waals surface area (Å²) in [7, 11) is 2.22. The van der Waals surface area contributed by atoms with Crippen LogP contribution >= 0.6 is 0 Å². The molecule has 0 saturated carbocycles. The molecule has 1 aromatic heterocycles. The number of benzene rings is 1. The van der Waals surface area contributed by atoms with Crippen LogP contribution in [0.4, 0.5) is 0 Å². The maximum absolute atomic E-state index is 12.1. The summed E-state index contributed by atoms with van der Waals surface area (Å²) in [4.78, 5) is 14.8. The second-order valence-electron chi connectivity index (χ2n) is 7.83. The third kappa shape index (κ3) is 2.17. The molecule has 24 heavy (non-hydrogen) atoms. The minimum Gasteiger partial charge on any atom is -0.346 e. The van der Waals surface area contributed by atoms with E-state index in [2.05, 4.69) is 47.7 Å². The Morgan fingerprint density at radius 2 is 2.08 bits per heavy atom. The number of Topliss-reactive ketones (excluding diaryl/α,β-unsaturated/α-hetero) is 1. The van der Waals surface area contributed by atoms with E-state index < -0.39 is 0 Å². The number of aromatic nitrogens is 1. The largest absolute Gasteiger partial charge is 0.346 e. The van der Waals surface area contributed by atoms with Crippen LogP contribution in [0.5, 0.6) is 0 Å². The Hall–Kier alpha value is -1.61. The van der Waals surface area contributed by atoms with Crippen LogP contribution in [0.2, 0.25) is 0 Å². The average molecular weight is 324 g/mol. The van der Waals surface area contributed by atoms with Gasteiger partial charge in [0.15, 0.2) is 0 Å². The number of rotatable bonds is 3. The molecule has 0 bridgehead atoms. The van der Waals surface area contributed by atoms with Crippen LogP contribution in [0.1, 0.15) is 56.8 Å². The first kappa shape index (κ1) is 15.9. The Morgan fingerprint density at radius 1 is 1.29 bits per heavy atom. The molecule has 0 unspecified atom stereocenters. The first-order valence-corrected chi connectivity index (χ1v) is 9.37. The van der Waals surface area contributed by atoms with Gasteiger partial charge in [0, 0.05) is 36.6 Å². The maximum atomic E-state index is 12.1. The van der Waals surface area contributed by atoms with Gasteiger partial charge in [-0.05, 0) is 56.2 Å². The second kappa shape index (κ2) is 5.73. The molecule has 0 amide bonds. The Bertz CT molecular complexity index is 790. The maximum Gasteiger partial charge on any atom is 0.130 e. The van der Waals surface area contributed by atoms with Gasteiger partial charge >= 0.3 is 0 Å². The number of para-hydroxylation sites is 1. The van der Waals surface area contributed by atoms with Gasteiger partial charge in [0.2, 0.25) is 0 Å². The van der Waals surface area contributed by atoms with Crippen molar-refractivity contribution in [3.05, 3.63) is 35.5 Å². The normalized spacial score (nSPS) is 27.0. The molecular formula is C21H28N2O. The summed E-state index contributed by atoms with van der Waals surface area (Å²) in [5, 5.41) is 1.41. The van der Waals surface area contributed by atoms with Crippen molar-refractivity contribution in [2.24, 2.45) is 12.5 Å². The molecule has 2 aliphatic rings. The lowest BCUT2D eigenvalue weighted by Crippen LogP contribution is -2.50. The van der Waals surface area contributed by atoms with Gasteiger partial charge in [-0.25, -0.2) is 0 Å². The summed E-state index contributed by atoms with van der Waals surface area (Å²) in [5.74, 6) is 0.338.